The second-order valence-corrected chi connectivity index (χ2v) is 7.20. The van der Waals surface area contributed by atoms with Gasteiger partial charge in [0.25, 0.3) is 5.91 Å². The molecule has 0 unspecified atom stereocenters. The number of hydrogen-bond donors (Lipinski definition) is 2. The number of ether oxygens (including phenoxy) is 1. The van der Waals surface area contributed by atoms with Gasteiger partial charge in [0.2, 0.25) is 5.91 Å². The molecule has 2 N–H and O–H groups in total. The van der Waals surface area contributed by atoms with Crippen molar-refractivity contribution in [3.63, 3.8) is 0 Å². The number of anilines is 1. The molecule has 2 aromatic rings. The van der Waals surface area contributed by atoms with Gasteiger partial charge in [0.1, 0.15) is 5.75 Å². The number of halogens is 2. The van der Waals surface area contributed by atoms with E-state index < -0.39 is 5.91 Å². The van der Waals surface area contributed by atoms with Gasteiger partial charge in [0, 0.05) is 14.6 Å². The number of rotatable bonds is 7. The van der Waals surface area contributed by atoms with Crippen LogP contribution in [0.25, 0.3) is 0 Å². The third-order valence-electron chi connectivity index (χ3n) is 3.37. The van der Waals surface area contributed by atoms with Crippen LogP contribution in [-0.2, 0) is 9.59 Å². The van der Waals surface area contributed by atoms with Crippen molar-refractivity contribution in [3.8, 4) is 5.75 Å². The second-order valence-electron chi connectivity index (χ2n) is 5.37. The van der Waals surface area contributed by atoms with E-state index in [9.17, 15) is 14.4 Å². The van der Waals surface area contributed by atoms with Crippen LogP contribution in [-0.4, -0.2) is 31.3 Å². The molecule has 0 aliphatic heterocycles. The molecule has 0 heterocycles. The molecule has 2 aromatic carbocycles. The summed E-state index contributed by atoms with van der Waals surface area (Å²) in [5, 5.41) is 5.19. The Morgan fingerprint density at radius 3 is 2.46 bits per heavy atom. The molecule has 0 radical (unpaired) electrons. The monoisotopic (exact) mass is 482 g/mol. The van der Waals surface area contributed by atoms with Gasteiger partial charge in [0.15, 0.2) is 12.9 Å². The fraction of sp³-hybridized carbons (Fsp3) is 0.167. The Labute approximate surface area is 167 Å². The van der Waals surface area contributed by atoms with Crippen LogP contribution in [0.4, 0.5) is 5.69 Å². The number of aldehydes is 1. The van der Waals surface area contributed by atoms with E-state index in [4.69, 9.17) is 4.74 Å². The van der Waals surface area contributed by atoms with Crippen molar-refractivity contribution in [3.05, 3.63) is 56.5 Å². The predicted octanol–water partition coefficient (Wildman–Crippen LogP) is 3.47. The van der Waals surface area contributed by atoms with E-state index in [1.165, 1.54) is 0 Å². The first-order valence-electron chi connectivity index (χ1n) is 7.59. The lowest BCUT2D eigenvalue weighted by molar-refractivity contribution is -0.125. The molecule has 0 aliphatic carbocycles. The zero-order valence-electron chi connectivity index (χ0n) is 13.8. The minimum atomic E-state index is -0.465. The van der Waals surface area contributed by atoms with E-state index in [2.05, 4.69) is 42.5 Å². The summed E-state index contributed by atoms with van der Waals surface area (Å²) in [7, 11) is 0. The lowest BCUT2D eigenvalue weighted by Gasteiger charge is -2.11. The number of benzene rings is 2. The summed E-state index contributed by atoms with van der Waals surface area (Å²) in [6.45, 7) is 1.39. The highest BCUT2D eigenvalue weighted by atomic mass is 79.9. The molecular weight excluding hydrogens is 468 g/mol. The minimum absolute atomic E-state index is 0.182. The molecule has 136 valence electrons. The lowest BCUT2D eigenvalue weighted by Crippen LogP contribution is -2.36. The van der Waals surface area contributed by atoms with E-state index in [-0.39, 0.29) is 19.1 Å². The lowest BCUT2D eigenvalue weighted by atomic mass is 10.2. The SMILES string of the molecule is Cc1cc(Br)ccc1NC(=O)CNC(=O)COc1ccc(Br)cc1C=O. The third kappa shape index (κ3) is 5.96. The van der Waals surface area contributed by atoms with Crippen LogP contribution in [0.15, 0.2) is 45.3 Å². The van der Waals surface area contributed by atoms with Crippen molar-refractivity contribution in [2.45, 2.75) is 6.92 Å². The molecule has 0 saturated carbocycles. The highest BCUT2D eigenvalue weighted by Crippen LogP contribution is 2.21. The smallest absolute Gasteiger partial charge is 0.258 e. The number of aryl methyl sites for hydroxylation is 1. The molecule has 2 rings (SSSR count). The third-order valence-corrected chi connectivity index (χ3v) is 4.35. The highest BCUT2D eigenvalue weighted by molar-refractivity contribution is 9.10. The van der Waals surface area contributed by atoms with Gasteiger partial charge in [-0.05, 0) is 48.9 Å². The molecule has 0 fully saturated rings. The topological polar surface area (TPSA) is 84.5 Å². The highest BCUT2D eigenvalue weighted by Gasteiger charge is 2.10. The van der Waals surface area contributed by atoms with Gasteiger partial charge in [-0.15, -0.1) is 0 Å². The molecule has 8 heteroatoms. The summed E-state index contributed by atoms with van der Waals surface area (Å²) in [6.07, 6.45) is 0.645. The van der Waals surface area contributed by atoms with Gasteiger partial charge in [-0.25, -0.2) is 0 Å². The fourth-order valence-corrected chi connectivity index (χ4v) is 2.93. The number of nitrogens with one attached hydrogen (secondary N) is 2. The van der Waals surface area contributed by atoms with Gasteiger partial charge in [0.05, 0.1) is 12.1 Å². The number of carbonyl (C=O) groups excluding carboxylic acids is 3. The van der Waals surface area contributed by atoms with Gasteiger partial charge >= 0.3 is 0 Å². The summed E-state index contributed by atoms with van der Waals surface area (Å²) in [4.78, 5) is 34.8. The van der Waals surface area contributed by atoms with E-state index in [0.29, 0.717) is 23.3 Å². The van der Waals surface area contributed by atoms with Crippen LogP contribution in [0.1, 0.15) is 15.9 Å². The summed E-state index contributed by atoms with van der Waals surface area (Å²) in [6, 6.07) is 10.4. The maximum atomic E-state index is 11.9. The second kappa shape index (κ2) is 9.49. The Hall–Kier alpha value is -2.19. The largest absolute Gasteiger partial charge is 0.483 e. The van der Waals surface area contributed by atoms with Crippen LogP contribution in [0, 0.1) is 6.92 Å². The predicted molar refractivity (Wildman–Crippen MR) is 106 cm³/mol. The average molecular weight is 484 g/mol. The minimum Gasteiger partial charge on any atom is -0.483 e. The van der Waals surface area contributed by atoms with Crippen LogP contribution >= 0.6 is 31.9 Å². The number of carbonyl (C=O) groups is 3. The first-order valence-corrected chi connectivity index (χ1v) is 9.18. The zero-order valence-corrected chi connectivity index (χ0v) is 17.0. The Morgan fingerprint density at radius 1 is 1.08 bits per heavy atom. The summed E-state index contributed by atoms with van der Waals surface area (Å²) in [5.41, 5.74) is 1.91. The Bertz CT molecular complexity index is 840. The van der Waals surface area contributed by atoms with Gasteiger partial charge in [-0.3, -0.25) is 14.4 Å². The molecule has 6 nitrogen and oxygen atoms in total. The first-order chi connectivity index (χ1) is 12.4. The van der Waals surface area contributed by atoms with Crippen molar-refractivity contribution in [2.75, 3.05) is 18.5 Å². The van der Waals surface area contributed by atoms with Crippen LogP contribution < -0.4 is 15.4 Å². The molecule has 0 atom stereocenters. The Kier molecular flexibility index (Phi) is 7.35. The van der Waals surface area contributed by atoms with Gasteiger partial charge < -0.3 is 15.4 Å². The van der Waals surface area contributed by atoms with Crippen molar-refractivity contribution in [1.82, 2.24) is 5.32 Å². The van der Waals surface area contributed by atoms with Gasteiger partial charge in [-0.1, -0.05) is 31.9 Å². The molecule has 0 aromatic heterocycles. The van der Waals surface area contributed by atoms with E-state index in [1.54, 1.807) is 24.3 Å². The van der Waals surface area contributed by atoms with Crippen molar-refractivity contribution < 1.29 is 19.1 Å². The molecule has 0 bridgehead atoms. The van der Waals surface area contributed by atoms with Crippen molar-refractivity contribution in [2.24, 2.45) is 0 Å². The molecular formula is C18H16Br2N2O4. The van der Waals surface area contributed by atoms with E-state index in [1.807, 2.05) is 19.1 Å². The van der Waals surface area contributed by atoms with Gasteiger partial charge in [-0.2, -0.15) is 0 Å². The Morgan fingerprint density at radius 2 is 1.77 bits per heavy atom. The summed E-state index contributed by atoms with van der Waals surface area (Å²) < 4.78 is 6.98. The van der Waals surface area contributed by atoms with Crippen LogP contribution in [0.5, 0.6) is 5.75 Å². The number of amides is 2. The first kappa shape index (κ1) is 20.1. The normalized spacial score (nSPS) is 10.1. The standard InChI is InChI=1S/C18H16Br2N2O4/c1-11-6-13(19)2-4-15(11)22-17(24)8-21-18(25)10-26-16-5-3-14(20)7-12(16)9-23/h2-7,9H,8,10H2,1H3,(H,21,25)(H,22,24). The molecule has 0 spiro atoms. The molecule has 0 saturated heterocycles. The number of hydrogen-bond acceptors (Lipinski definition) is 4. The summed E-state index contributed by atoms with van der Waals surface area (Å²) >= 11 is 6.61. The van der Waals surface area contributed by atoms with Crippen molar-refractivity contribution in [1.29, 1.82) is 0 Å². The quantitative estimate of drug-likeness (QED) is 0.590. The van der Waals surface area contributed by atoms with Crippen molar-refractivity contribution >= 4 is 55.6 Å². The zero-order chi connectivity index (χ0) is 19.1. The van der Waals surface area contributed by atoms with Crippen LogP contribution in [0.3, 0.4) is 0 Å². The average Bonchev–Trinajstić information content (AvgIpc) is 2.61. The fourth-order valence-electron chi connectivity index (χ4n) is 2.08. The van der Waals surface area contributed by atoms with E-state index in [0.717, 1.165) is 14.5 Å². The molecule has 26 heavy (non-hydrogen) atoms. The maximum Gasteiger partial charge on any atom is 0.258 e. The maximum absolute atomic E-state index is 11.9. The van der Waals surface area contributed by atoms with Crippen LogP contribution in [0.2, 0.25) is 0 Å². The Balaban J connectivity index is 1.81. The van der Waals surface area contributed by atoms with E-state index >= 15 is 0 Å². The molecule has 0 aliphatic rings. The summed E-state index contributed by atoms with van der Waals surface area (Å²) in [5.74, 6) is -0.512. The molecule has 2 amide bonds.